The standard InChI is InChI=1S/C6H7BrN2O2S/c1-4-2-6(12(8,10)11)9-3-5(4)7/h2-3H,1H3,(H2,8,10,11). The van der Waals surface area contributed by atoms with Gasteiger partial charge < -0.3 is 0 Å². The third kappa shape index (κ3) is 2.02. The Bertz CT molecular complexity index is 402. The third-order valence-electron chi connectivity index (χ3n) is 1.31. The first-order valence-electron chi connectivity index (χ1n) is 3.06. The van der Waals surface area contributed by atoms with Gasteiger partial charge in [-0.05, 0) is 34.5 Å². The summed E-state index contributed by atoms with van der Waals surface area (Å²) in [6.07, 6.45) is 1.41. The molecule has 0 spiro atoms. The van der Waals surface area contributed by atoms with Gasteiger partial charge in [0.1, 0.15) is 0 Å². The van der Waals surface area contributed by atoms with Crippen LogP contribution in [0.3, 0.4) is 0 Å². The van der Waals surface area contributed by atoms with Crippen molar-refractivity contribution in [1.82, 2.24) is 4.98 Å². The van der Waals surface area contributed by atoms with Gasteiger partial charge in [-0.1, -0.05) is 0 Å². The van der Waals surface area contributed by atoms with E-state index in [-0.39, 0.29) is 5.03 Å². The highest BCUT2D eigenvalue weighted by molar-refractivity contribution is 9.10. The van der Waals surface area contributed by atoms with E-state index in [0.717, 1.165) is 10.0 Å². The number of hydrogen-bond donors (Lipinski definition) is 1. The highest BCUT2D eigenvalue weighted by Crippen LogP contribution is 2.16. The summed E-state index contributed by atoms with van der Waals surface area (Å²) in [6.45, 7) is 1.76. The van der Waals surface area contributed by atoms with E-state index in [1.807, 2.05) is 0 Å². The molecular weight excluding hydrogens is 244 g/mol. The Morgan fingerprint density at radius 1 is 1.58 bits per heavy atom. The predicted octanol–water partition coefficient (Wildman–Crippen LogP) is 0.800. The Labute approximate surface area is 79.0 Å². The first-order valence-corrected chi connectivity index (χ1v) is 5.40. The molecule has 1 rings (SSSR count). The molecule has 0 aliphatic heterocycles. The zero-order chi connectivity index (χ0) is 9.35. The summed E-state index contributed by atoms with van der Waals surface area (Å²) in [5.41, 5.74) is 0.786. The van der Waals surface area contributed by atoms with Gasteiger partial charge in [0, 0.05) is 10.7 Å². The van der Waals surface area contributed by atoms with Crippen LogP contribution in [0.15, 0.2) is 21.8 Å². The van der Waals surface area contributed by atoms with Gasteiger partial charge in [0.2, 0.25) is 0 Å². The number of aryl methyl sites for hydroxylation is 1. The zero-order valence-electron chi connectivity index (χ0n) is 6.28. The van der Waals surface area contributed by atoms with E-state index in [4.69, 9.17) is 5.14 Å². The maximum atomic E-state index is 10.8. The van der Waals surface area contributed by atoms with Crippen molar-refractivity contribution in [2.75, 3.05) is 0 Å². The number of nitrogens with zero attached hydrogens (tertiary/aromatic N) is 1. The van der Waals surface area contributed by atoms with E-state index < -0.39 is 10.0 Å². The van der Waals surface area contributed by atoms with E-state index >= 15 is 0 Å². The maximum absolute atomic E-state index is 10.8. The highest BCUT2D eigenvalue weighted by atomic mass is 79.9. The van der Waals surface area contributed by atoms with Crippen LogP contribution >= 0.6 is 15.9 Å². The Hall–Kier alpha value is -0.460. The van der Waals surface area contributed by atoms with Crippen LogP contribution in [0.4, 0.5) is 0 Å². The molecule has 1 heterocycles. The SMILES string of the molecule is Cc1cc(S(N)(=O)=O)ncc1Br. The lowest BCUT2D eigenvalue weighted by Crippen LogP contribution is -2.13. The molecule has 0 aliphatic rings. The molecule has 0 radical (unpaired) electrons. The smallest absolute Gasteiger partial charge is 0.242 e. The molecule has 0 fully saturated rings. The number of pyridine rings is 1. The van der Waals surface area contributed by atoms with E-state index in [0.29, 0.717) is 0 Å². The number of aromatic nitrogens is 1. The van der Waals surface area contributed by atoms with Crippen molar-refractivity contribution in [3.63, 3.8) is 0 Å². The number of halogens is 1. The van der Waals surface area contributed by atoms with Gasteiger partial charge in [-0.15, -0.1) is 0 Å². The molecule has 12 heavy (non-hydrogen) atoms. The van der Waals surface area contributed by atoms with Crippen molar-refractivity contribution < 1.29 is 8.42 Å². The monoisotopic (exact) mass is 250 g/mol. The first kappa shape index (κ1) is 9.63. The lowest BCUT2D eigenvalue weighted by molar-refractivity contribution is 0.594. The largest absolute Gasteiger partial charge is 0.255 e. The zero-order valence-corrected chi connectivity index (χ0v) is 8.68. The number of sulfonamides is 1. The molecule has 1 aromatic rings. The number of hydrogen-bond acceptors (Lipinski definition) is 3. The Morgan fingerprint density at radius 2 is 2.17 bits per heavy atom. The second kappa shape index (κ2) is 3.12. The molecule has 6 heteroatoms. The van der Waals surface area contributed by atoms with Crippen LogP contribution in [-0.4, -0.2) is 13.4 Å². The van der Waals surface area contributed by atoms with Crippen molar-refractivity contribution in [2.45, 2.75) is 11.9 Å². The van der Waals surface area contributed by atoms with E-state index in [2.05, 4.69) is 20.9 Å². The average molecular weight is 251 g/mol. The summed E-state index contributed by atoms with van der Waals surface area (Å²) in [7, 11) is -3.67. The highest BCUT2D eigenvalue weighted by Gasteiger charge is 2.09. The molecule has 0 aliphatic carbocycles. The van der Waals surface area contributed by atoms with Gasteiger partial charge in [0.05, 0.1) is 0 Å². The molecule has 0 amide bonds. The number of rotatable bonds is 1. The second-order valence-corrected chi connectivity index (χ2v) is 4.68. The summed E-state index contributed by atoms with van der Waals surface area (Å²) < 4.78 is 22.4. The van der Waals surface area contributed by atoms with Crippen molar-refractivity contribution in [2.24, 2.45) is 5.14 Å². The lowest BCUT2D eigenvalue weighted by atomic mass is 10.3. The van der Waals surface area contributed by atoms with Gasteiger partial charge >= 0.3 is 0 Å². The van der Waals surface area contributed by atoms with Crippen molar-refractivity contribution >= 4 is 26.0 Å². The van der Waals surface area contributed by atoms with Gasteiger partial charge in [-0.25, -0.2) is 18.5 Å². The van der Waals surface area contributed by atoms with Crippen LogP contribution in [0.25, 0.3) is 0 Å². The van der Waals surface area contributed by atoms with Crippen LogP contribution in [0.2, 0.25) is 0 Å². The summed E-state index contributed by atoms with van der Waals surface area (Å²) in [4.78, 5) is 3.65. The minimum Gasteiger partial charge on any atom is -0.242 e. The van der Waals surface area contributed by atoms with Crippen molar-refractivity contribution in [3.05, 3.63) is 22.3 Å². The maximum Gasteiger partial charge on any atom is 0.255 e. The van der Waals surface area contributed by atoms with Gasteiger partial charge in [0.15, 0.2) is 5.03 Å². The molecule has 2 N–H and O–H groups in total. The van der Waals surface area contributed by atoms with E-state index in [1.54, 1.807) is 6.92 Å². The minimum atomic E-state index is -3.67. The number of primary sulfonamides is 1. The Kier molecular flexibility index (Phi) is 2.50. The lowest BCUT2D eigenvalue weighted by Gasteiger charge is -1.99. The molecule has 0 saturated heterocycles. The van der Waals surface area contributed by atoms with Crippen LogP contribution in [-0.2, 0) is 10.0 Å². The Balaban J connectivity index is 3.33. The summed E-state index contributed by atoms with van der Waals surface area (Å²) in [5, 5.41) is 4.76. The summed E-state index contributed by atoms with van der Waals surface area (Å²) in [6, 6.07) is 1.42. The van der Waals surface area contributed by atoms with Crippen LogP contribution in [0.1, 0.15) is 5.56 Å². The van der Waals surface area contributed by atoms with Crippen LogP contribution in [0, 0.1) is 6.92 Å². The summed E-state index contributed by atoms with van der Waals surface area (Å²) >= 11 is 3.20. The minimum absolute atomic E-state index is 0.108. The second-order valence-electron chi connectivity index (χ2n) is 2.32. The Morgan fingerprint density at radius 3 is 2.58 bits per heavy atom. The molecule has 0 aromatic carbocycles. The average Bonchev–Trinajstić information content (AvgIpc) is 1.92. The van der Waals surface area contributed by atoms with Crippen molar-refractivity contribution in [1.29, 1.82) is 0 Å². The van der Waals surface area contributed by atoms with E-state index in [1.165, 1.54) is 12.3 Å². The third-order valence-corrected chi connectivity index (χ3v) is 2.95. The normalized spacial score (nSPS) is 11.6. The predicted molar refractivity (Wildman–Crippen MR) is 48.0 cm³/mol. The van der Waals surface area contributed by atoms with Gasteiger partial charge in [-0.3, -0.25) is 0 Å². The molecule has 0 unspecified atom stereocenters. The fraction of sp³-hybridized carbons (Fsp3) is 0.167. The number of nitrogens with two attached hydrogens (primary N) is 1. The fourth-order valence-corrected chi connectivity index (χ4v) is 1.43. The van der Waals surface area contributed by atoms with Crippen molar-refractivity contribution in [3.8, 4) is 0 Å². The molecule has 0 atom stereocenters. The van der Waals surface area contributed by atoms with Crippen LogP contribution in [0.5, 0.6) is 0 Å². The molecule has 66 valence electrons. The fourth-order valence-electron chi connectivity index (χ4n) is 0.669. The topological polar surface area (TPSA) is 73.1 Å². The van der Waals surface area contributed by atoms with Gasteiger partial charge in [-0.2, -0.15) is 0 Å². The molecule has 0 bridgehead atoms. The molecule has 1 aromatic heterocycles. The molecule has 0 saturated carbocycles. The molecular formula is C6H7BrN2O2S. The quantitative estimate of drug-likeness (QED) is 0.802. The summed E-state index contributed by atoms with van der Waals surface area (Å²) in [5.74, 6) is 0. The van der Waals surface area contributed by atoms with Gasteiger partial charge in [0.25, 0.3) is 10.0 Å². The molecule has 4 nitrogen and oxygen atoms in total. The van der Waals surface area contributed by atoms with Crippen LogP contribution < -0.4 is 5.14 Å². The van der Waals surface area contributed by atoms with E-state index in [9.17, 15) is 8.42 Å². The first-order chi connectivity index (χ1) is 5.41.